The van der Waals surface area contributed by atoms with E-state index in [-0.39, 0.29) is 48.3 Å². The number of aliphatic hydroxyl groups excluding tert-OH is 1. The van der Waals surface area contributed by atoms with Gasteiger partial charge < -0.3 is 19.5 Å². The normalized spacial score (nSPS) is 13.7. The number of hydrogen-bond donors (Lipinski definition) is 1. The van der Waals surface area contributed by atoms with E-state index in [0.29, 0.717) is 31.5 Å². The van der Waals surface area contributed by atoms with E-state index in [2.05, 4.69) is 11.0 Å². The molecule has 0 spiro atoms. The van der Waals surface area contributed by atoms with Gasteiger partial charge in [0.25, 0.3) is 5.69 Å². The Balaban J connectivity index is 1.59. The zero-order chi connectivity index (χ0) is 33.5. The molecule has 246 valence electrons. The molecule has 1 aliphatic rings. The average molecular weight is 663 g/mol. The maximum atomic E-state index is 13.9. The number of para-hydroxylation sites is 2. The fourth-order valence-corrected chi connectivity index (χ4v) is 6.98. The van der Waals surface area contributed by atoms with Crippen LogP contribution < -0.4 is 14.4 Å². The van der Waals surface area contributed by atoms with Gasteiger partial charge in [-0.15, -0.1) is 0 Å². The third kappa shape index (κ3) is 8.45. The van der Waals surface area contributed by atoms with Crippen LogP contribution in [0.15, 0.2) is 65.6 Å². The Morgan fingerprint density at radius 2 is 1.80 bits per heavy atom. The lowest BCUT2D eigenvalue weighted by Gasteiger charge is -2.29. The van der Waals surface area contributed by atoms with Gasteiger partial charge >= 0.3 is 6.18 Å². The van der Waals surface area contributed by atoms with E-state index < -0.39 is 33.8 Å². The molecule has 0 amide bonds. The van der Waals surface area contributed by atoms with Gasteiger partial charge in [-0.2, -0.15) is 22.7 Å². The number of non-ortho nitro benzene ring substituents is 1. The number of nitrogens with zero attached hydrogens (tertiary/aromatic N) is 4. The molecule has 0 saturated carbocycles. The molecular weight excluding hydrogens is 629 g/mol. The highest BCUT2D eigenvalue weighted by atomic mass is 32.2. The Morgan fingerprint density at radius 1 is 1.13 bits per heavy atom. The topological polar surface area (TPSA) is 146 Å². The SMILES string of the molecule is C[C@H](Cc1cc(C#N)c2c(c1)CCN2CCCO)N(CCOc1ccccc1OCC(F)(F)F)S(=O)(=O)c1ccc([N+](=O)[O-])cc1. The van der Waals surface area contributed by atoms with Crippen molar-refractivity contribution in [3.05, 3.63) is 87.5 Å². The number of anilines is 1. The van der Waals surface area contributed by atoms with Crippen LogP contribution in [-0.2, 0) is 22.9 Å². The maximum Gasteiger partial charge on any atom is 0.422 e. The number of benzene rings is 3. The molecule has 0 bridgehead atoms. The molecule has 3 aromatic rings. The number of alkyl halides is 3. The average Bonchev–Trinajstić information content (AvgIpc) is 3.43. The summed E-state index contributed by atoms with van der Waals surface area (Å²) in [7, 11) is -4.25. The molecule has 46 heavy (non-hydrogen) atoms. The van der Waals surface area contributed by atoms with Gasteiger partial charge in [-0.25, -0.2) is 8.42 Å². The van der Waals surface area contributed by atoms with Gasteiger partial charge in [-0.1, -0.05) is 18.2 Å². The Morgan fingerprint density at radius 3 is 2.41 bits per heavy atom. The summed E-state index contributed by atoms with van der Waals surface area (Å²) >= 11 is 0. The molecule has 11 nitrogen and oxygen atoms in total. The summed E-state index contributed by atoms with van der Waals surface area (Å²) in [5.41, 5.74) is 2.64. The van der Waals surface area contributed by atoms with Gasteiger partial charge in [-0.05, 0) is 67.6 Å². The molecule has 4 rings (SSSR count). The Labute approximate surface area is 264 Å². The second kappa shape index (κ2) is 14.8. The Bertz CT molecular complexity index is 1680. The van der Waals surface area contributed by atoms with E-state index in [1.165, 1.54) is 28.6 Å². The molecule has 0 aromatic heterocycles. The lowest BCUT2D eigenvalue weighted by atomic mass is 9.99. The summed E-state index contributed by atoms with van der Waals surface area (Å²) in [6, 6.07) is 15.4. The smallest absolute Gasteiger partial charge is 0.422 e. The number of ether oxygens (including phenoxy) is 2. The van der Waals surface area contributed by atoms with E-state index in [9.17, 15) is 42.1 Å². The van der Waals surface area contributed by atoms with Gasteiger partial charge in [0.2, 0.25) is 10.0 Å². The van der Waals surface area contributed by atoms with E-state index in [1.54, 1.807) is 13.0 Å². The summed E-state index contributed by atoms with van der Waals surface area (Å²) < 4.78 is 77.7. The quantitative estimate of drug-likeness (QED) is 0.178. The summed E-state index contributed by atoms with van der Waals surface area (Å²) in [5.74, 6) is -0.164. The lowest BCUT2D eigenvalue weighted by Crippen LogP contribution is -2.42. The number of aliphatic hydroxyl groups is 1. The zero-order valence-electron chi connectivity index (χ0n) is 24.9. The standard InChI is InChI=1S/C31H33F3N4O7S/c1-22(17-23-18-24-11-13-36(12-4-15-39)30(24)25(19-23)20-35)37(46(42,43)27-9-7-26(8-10-27)38(40)41)14-16-44-28-5-2-3-6-29(28)45-21-31(32,33)34/h2-3,5-10,18-19,22,39H,4,11-17,21H2,1H3/t22-/m1/s1. The van der Waals surface area contributed by atoms with Gasteiger partial charge in [-0.3, -0.25) is 10.1 Å². The van der Waals surface area contributed by atoms with E-state index in [0.717, 1.165) is 41.1 Å². The highest BCUT2D eigenvalue weighted by Gasteiger charge is 2.32. The lowest BCUT2D eigenvalue weighted by molar-refractivity contribution is -0.384. The van der Waals surface area contributed by atoms with Gasteiger partial charge in [0, 0.05) is 44.4 Å². The number of hydrogen-bond acceptors (Lipinski definition) is 9. The molecule has 0 radical (unpaired) electrons. The first-order valence-corrected chi connectivity index (χ1v) is 15.9. The molecule has 3 aromatic carbocycles. The molecule has 0 saturated heterocycles. The van der Waals surface area contributed by atoms with Crippen LogP contribution in [0.1, 0.15) is 30.0 Å². The summed E-state index contributed by atoms with van der Waals surface area (Å²) in [6.45, 7) is 0.980. The molecule has 0 aliphatic carbocycles. The molecule has 15 heteroatoms. The predicted molar refractivity (Wildman–Crippen MR) is 162 cm³/mol. The number of fused-ring (bicyclic) bond motifs is 1. The minimum Gasteiger partial charge on any atom is -0.488 e. The van der Waals surface area contributed by atoms with Crippen molar-refractivity contribution in [3.8, 4) is 17.6 Å². The molecule has 0 fully saturated rings. The zero-order valence-corrected chi connectivity index (χ0v) is 25.8. The summed E-state index contributed by atoms with van der Waals surface area (Å²) in [4.78, 5) is 12.4. The van der Waals surface area contributed by atoms with Crippen LogP contribution in [-0.4, -0.2) is 74.4 Å². The summed E-state index contributed by atoms with van der Waals surface area (Å²) in [5, 5.41) is 30.3. The van der Waals surface area contributed by atoms with Crippen LogP contribution in [0.4, 0.5) is 24.5 Å². The first kappa shape index (κ1) is 34.5. The largest absolute Gasteiger partial charge is 0.488 e. The third-order valence-electron chi connectivity index (χ3n) is 7.41. The number of rotatable bonds is 15. The number of nitriles is 1. The van der Waals surface area contributed by atoms with E-state index >= 15 is 0 Å². The predicted octanol–water partition coefficient (Wildman–Crippen LogP) is 4.85. The fraction of sp³-hybridized carbons (Fsp3) is 0.387. The molecule has 1 aliphatic heterocycles. The second-order valence-corrected chi connectivity index (χ2v) is 12.6. The summed E-state index contributed by atoms with van der Waals surface area (Å²) in [6.07, 6.45) is -3.12. The van der Waals surface area contributed by atoms with Crippen LogP contribution in [0.25, 0.3) is 0 Å². The van der Waals surface area contributed by atoms with Crippen molar-refractivity contribution in [3.63, 3.8) is 0 Å². The fourth-order valence-electron chi connectivity index (χ4n) is 5.37. The Kier molecular flexibility index (Phi) is 11.1. The number of nitro groups is 1. The number of halogens is 3. The van der Waals surface area contributed by atoms with Crippen molar-refractivity contribution >= 4 is 21.4 Å². The third-order valence-corrected chi connectivity index (χ3v) is 9.44. The van der Waals surface area contributed by atoms with Crippen molar-refractivity contribution in [1.29, 1.82) is 5.26 Å². The molecular formula is C31H33F3N4O7S. The van der Waals surface area contributed by atoms with Crippen molar-refractivity contribution in [2.75, 3.05) is 44.4 Å². The van der Waals surface area contributed by atoms with Crippen LogP contribution in [0.3, 0.4) is 0 Å². The van der Waals surface area contributed by atoms with Gasteiger partial charge in [0.1, 0.15) is 12.7 Å². The minimum atomic E-state index is -4.57. The maximum absolute atomic E-state index is 13.9. The van der Waals surface area contributed by atoms with Gasteiger partial charge in [0.05, 0.1) is 21.1 Å². The highest BCUT2D eigenvalue weighted by Crippen LogP contribution is 2.34. The Hall–Kier alpha value is -4.39. The van der Waals surface area contributed by atoms with Crippen LogP contribution in [0, 0.1) is 21.4 Å². The minimum absolute atomic E-state index is 0.00452. The molecule has 0 unspecified atom stereocenters. The molecule has 1 heterocycles. The monoisotopic (exact) mass is 662 g/mol. The van der Waals surface area contributed by atoms with E-state index in [1.807, 2.05) is 6.07 Å². The van der Waals surface area contributed by atoms with Crippen molar-refractivity contribution in [1.82, 2.24) is 4.31 Å². The molecule has 1 atom stereocenters. The highest BCUT2D eigenvalue weighted by molar-refractivity contribution is 7.89. The van der Waals surface area contributed by atoms with Crippen molar-refractivity contribution < 1.29 is 41.1 Å². The van der Waals surface area contributed by atoms with Crippen molar-refractivity contribution in [2.24, 2.45) is 0 Å². The first-order valence-electron chi connectivity index (χ1n) is 14.4. The van der Waals surface area contributed by atoms with Crippen LogP contribution in [0.5, 0.6) is 11.5 Å². The number of sulfonamides is 1. The van der Waals surface area contributed by atoms with Crippen molar-refractivity contribution in [2.45, 2.75) is 43.3 Å². The van der Waals surface area contributed by atoms with Crippen LogP contribution >= 0.6 is 0 Å². The first-order chi connectivity index (χ1) is 21.8. The second-order valence-electron chi connectivity index (χ2n) is 10.7. The van der Waals surface area contributed by atoms with E-state index in [4.69, 9.17) is 9.47 Å². The van der Waals surface area contributed by atoms with Gasteiger partial charge in [0.15, 0.2) is 18.1 Å². The molecule has 1 N–H and O–H groups in total. The number of nitro benzene ring substituents is 1. The van der Waals surface area contributed by atoms with Crippen LogP contribution in [0.2, 0.25) is 0 Å².